The van der Waals surface area contributed by atoms with Crippen LogP contribution in [0.15, 0.2) is 54.9 Å². The minimum Gasteiger partial charge on any atom is -0.370 e. The summed E-state index contributed by atoms with van der Waals surface area (Å²) < 4.78 is 13.7. The third-order valence-electron chi connectivity index (χ3n) is 4.36. The number of aromatic nitrogens is 3. The molecule has 0 saturated carbocycles. The van der Waals surface area contributed by atoms with Crippen LogP contribution in [0, 0.1) is 12.7 Å². The van der Waals surface area contributed by atoms with Gasteiger partial charge in [-0.05, 0) is 49.1 Å². The molecule has 140 valence electrons. The Kier molecular flexibility index (Phi) is 6.30. The first-order valence-corrected chi connectivity index (χ1v) is 9.05. The molecule has 0 fully saturated rings. The molecule has 27 heavy (non-hydrogen) atoms. The zero-order chi connectivity index (χ0) is 19.1. The van der Waals surface area contributed by atoms with Crippen LogP contribution in [0.3, 0.4) is 0 Å². The third-order valence-corrected chi connectivity index (χ3v) is 4.36. The first-order valence-electron chi connectivity index (χ1n) is 9.05. The van der Waals surface area contributed by atoms with Crippen LogP contribution in [0.5, 0.6) is 0 Å². The van der Waals surface area contributed by atoms with Gasteiger partial charge >= 0.3 is 0 Å². The van der Waals surface area contributed by atoms with Gasteiger partial charge in [0.25, 0.3) is 0 Å². The quantitative estimate of drug-likeness (QED) is 0.660. The maximum absolute atomic E-state index is 13.7. The van der Waals surface area contributed by atoms with Crippen LogP contribution < -0.4 is 10.2 Å². The van der Waals surface area contributed by atoms with Gasteiger partial charge in [-0.1, -0.05) is 18.2 Å². The molecule has 0 aliphatic carbocycles. The standard InChI is InChI=1S/C21H24FN5/c1-16-25-20(24-13-9-18-5-3-4-6-19(18)22)15-21(26-16)27(2)14-10-17-7-11-23-12-8-17/h3-8,11-12,15H,9-10,13-14H2,1-2H3,(H,24,25,26). The zero-order valence-electron chi connectivity index (χ0n) is 15.7. The highest BCUT2D eigenvalue weighted by molar-refractivity contribution is 5.49. The normalized spacial score (nSPS) is 10.6. The number of likely N-dealkylation sites (N-methyl/N-ethyl adjacent to an activating group) is 1. The van der Waals surface area contributed by atoms with Gasteiger partial charge in [0.15, 0.2) is 0 Å². The van der Waals surface area contributed by atoms with Crippen LogP contribution in [0.2, 0.25) is 0 Å². The summed E-state index contributed by atoms with van der Waals surface area (Å²) in [7, 11) is 2.02. The fourth-order valence-corrected chi connectivity index (χ4v) is 2.83. The number of pyridine rings is 1. The van der Waals surface area contributed by atoms with E-state index in [2.05, 4.69) is 25.2 Å². The summed E-state index contributed by atoms with van der Waals surface area (Å²) in [6.45, 7) is 3.33. The first-order chi connectivity index (χ1) is 13.1. The second-order valence-corrected chi connectivity index (χ2v) is 6.45. The number of nitrogens with one attached hydrogen (secondary N) is 1. The van der Waals surface area contributed by atoms with Crippen molar-refractivity contribution in [1.29, 1.82) is 0 Å². The molecule has 0 radical (unpaired) electrons. The van der Waals surface area contributed by atoms with Crippen molar-refractivity contribution in [3.8, 4) is 0 Å². The lowest BCUT2D eigenvalue weighted by Crippen LogP contribution is -2.22. The molecule has 6 heteroatoms. The summed E-state index contributed by atoms with van der Waals surface area (Å²) in [5, 5.41) is 3.28. The number of anilines is 2. The molecule has 5 nitrogen and oxygen atoms in total. The predicted octanol–water partition coefficient (Wildman–Crippen LogP) is 3.65. The molecule has 0 amide bonds. The second kappa shape index (κ2) is 9.07. The van der Waals surface area contributed by atoms with Crippen molar-refractivity contribution in [3.63, 3.8) is 0 Å². The van der Waals surface area contributed by atoms with Gasteiger partial charge in [0, 0.05) is 38.6 Å². The molecule has 0 aliphatic heterocycles. The Morgan fingerprint density at radius 1 is 1.04 bits per heavy atom. The van der Waals surface area contributed by atoms with Gasteiger partial charge in [0.05, 0.1) is 0 Å². The minimum absolute atomic E-state index is 0.172. The summed E-state index contributed by atoms with van der Waals surface area (Å²) in [5.41, 5.74) is 1.94. The molecule has 0 spiro atoms. The van der Waals surface area contributed by atoms with Gasteiger partial charge in [0.2, 0.25) is 0 Å². The van der Waals surface area contributed by atoms with Gasteiger partial charge in [-0.15, -0.1) is 0 Å². The molecular formula is C21H24FN5. The highest BCUT2D eigenvalue weighted by Crippen LogP contribution is 2.16. The number of nitrogens with zero attached hydrogens (tertiary/aromatic N) is 4. The van der Waals surface area contributed by atoms with Crippen LogP contribution in [0.4, 0.5) is 16.0 Å². The van der Waals surface area contributed by atoms with Crippen molar-refractivity contribution in [2.24, 2.45) is 0 Å². The molecule has 0 saturated heterocycles. The molecule has 2 heterocycles. The Balaban J connectivity index is 1.59. The lowest BCUT2D eigenvalue weighted by molar-refractivity contribution is 0.610. The van der Waals surface area contributed by atoms with Crippen molar-refractivity contribution in [1.82, 2.24) is 15.0 Å². The van der Waals surface area contributed by atoms with E-state index in [1.54, 1.807) is 12.1 Å². The van der Waals surface area contributed by atoms with Gasteiger partial charge in [-0.25, -0.2) is 14.4 Å². The highest BCUT2D eigenvalue weighted by Gasteiger charge is 2.08. The van der Waals surface area contributed by atoms with Crippen LogP contribution in [-0.4, -0.2) is 35.1 Å². The van der Waals surface area contributed by atoms with Crippen molar-refractivity contribution >= 4 is 11.6 Å². The van der Waals surface area contributed by atoms with E-state index in [-0.39, 0.29) is 5.82 Å². The lowest BCUT2D eigenvalue weighted by Gasteiger charge is -2.19. The molecule has 2 aromatic heterocycles. The number of aryl methyl sites for hydroxylation is 1. The van der Waals surface area contributed by atoms with Crippen LogP contribution >= 0.6 is 0 Å². The first kappa shape index (κ1) is 18.8. The topological polar surface area (TPSA) is 53.9 Å². The van der Waals surface area contributed by atoms with Crippen molar-refractivity contribution in [2.45, 2.75) is 19.8 Å². The van der Waals surface area contributed by atoms with E-state index in [1.807, 2.05) is 50.6 Å². The SMILES string of the molecule is Cc1nc(NCCc2ccccc2F)cc(N(C)CCc2ccncc2)n1. The summed E-state index contributed by atoms with van der Waals surface area (Å²) in [4.78, 5) is 15.1. The average molecular weight is 365 g/mol. The van der Waals surface area contributed by atoms with Crippen molar-refractivity contribution in [2.75, 3.05) is 30.4 Å². The van der Waals surface area contributed by atoms with Gasteiger partial charge < -0.3 is 10.2 Å². The smallest absolute Gasteiger partial charge is 0.134 e. The Hall–Kier alpha value is -3.02. The second-order valence-electron chi connectivity index (χ2n) is 6.45. The summed E-state index contributed by atoms with van der Waals surface area (Å²) in [6.07, 6.45) is 5.13. The summed E-state index contributed by atoms with van der Waals surface area (Å²) >= 11 is 0. The largest absolute Gasteiger partial charge is 0.370 e. The van der Waals surface area contributed by atoms with Gasteiger partial charge in [0.1, 0.15) is 23.3 Å². The van der Waals surface area contributed by atoms with Gasteiger partial charge in [-0.2, -0.15) is 0 Å². The van der Waals surface area contributed by atoms with Crippen LogP contribution in [0.1, 0.15) is 17.0 Å². The maximum atomic E-state index is 13.7. The van der Waals surface area contributed by atoms with E-state index < -0.39 is 0 Å². The monoisotopic (exact) mass is 365 g/mol. The number of rotatable bonds is 8. The van der Waals surface area contributed by atoms with Gasteiger partial charge in [-0.3, -0.25) is 4.98 Å². The summed E-state index contributed by atoms with van der Waals surface area (Å²) in [5.74, 6) is 2.15. The molecule has 0 bridgehead atoms. The van der Waals surface area contributed by atoms with Crippen molar-refractivity contribution < 1.29 is 4.39 Å². The minimum atomic E-state index is -0.172. The van der Waals surface area contributed by atoms with E-state index in [4.69, 9.17) is 0 Å². The predicted molar refractivity (Wildman–Crippen MR) is 107 cm³/mol. The maximum Gasteiger partial charge on any atom is 0.134 e. The van der Waals surface area contributed by atoms with Crippen molar-refractivity contribution in [3.05, 3.63) is 77.6 Å². The average Bonchev–Trinajstić information content (AvgIpc) is 2.68. The van der Waals surface area contributed by atoms with E-state index in [0.29, 0.717) is 24.4 Å². The Morgan fingerprint density at radius 2 is 1.81 bits per heavy atom. The Morgan fingerprint density at radius 3 is 2.59 bits per heavy atom. The molecule has 3 aromatic rings. The molecule has 1 aromatic carbocycles. The molecule has 3 rings (SSSR count). The number of benzene rings is 1. The summed E-state index contributed by atoms with van der Waals surface area (Å²) in [6, 6.07) is 12.8. The van der Waals surface area contributed by atoms with E-state index >= 15 is 0 Å². The van der Waals surface area contributed by atoms with Crippen LogP contribution in [-0.2, 0) is 12.8 Å². The highest BCUT2D eigenvalue weighted by atomic mass is 19.1. The van der Waals surface area contributed by atoms with E-state index in [0.717, 1.165) is 24.6 Å². The lowest BCUT2D eigenvalue weighted by atomic mass is 10.1. The van der Waals surface area contributed by atoms with E-state index in [1.165, 1.54) is 11.6 Å². The van der Waals surface area contributed by atoms with Crippen LogP contribution in [0.25, 0.3) is 0 Å². The number of hydrogen-bond donors (Lipinski definition) is 1. The zero-order valence-corrected chi connectivity index (χ0v) is 15.7. The molecule has 0 unspecified atom stereocenters. The Bertz CT molecular complexity index is 869. The van der Waals surface area contributed by atoms with E-state index in [9.17, 15) is 4.39 Å². The molecule has 0 aliphatic rings. The number of hydrogen-bond acceptors (Lipinski definition) is 5. The fraction of sp³-hybridized carbons (Fsp3) is 0.286. The fourth-order valence-electron chi connectivity index (χ4n) is 2.83. The molecule has 1 N–H and O–H groups in total. The third kappa shape index (κ3) is 5.48. The molecule has 0 atom stereocenters. The molecular weight excluding hydrogens is 341 g/mol. The number of halogens is 1. The Labute approximate surface area is 159 Å².